The Morgan fingerprint density at radius 1 is 1.27 bits per heavy atom. The molecule has 1 aliphatic rings. The molecule has 8 nitrogen and oxygen atoms in total. The van der Waals surface area contributed by atoms with Crippen LogP contribution in [-0.4, -0.2) is 53.1 Å². The van der Waals surface area contributed by atoms with E-state index in [0.717, 1.165) is 62.3 Å². The lowest BCUT2D eigenvalue weighted by Crippen LogP contribution is -2.46. The van der Waals surface area contributed by atoms with Crippen molar-refractivity contribution in [2.75, 3.05) is 26.8 Å². The van der Waals surface area contributed by atoms with Gasteiger partial charge in [0.15, 0.2) is 11.8 Å². The standard InChI is InChI=1S/C21H32N6O2.HI/c1-16-25-26-19(27(16)3)14-23-20(24-15-21(2)11-5-13-29-21)22-12-10-17-6-8-18(28-4)9-7-17;/h6-9H,5,10-15H2,1-4H3,(H2,22,23,24);1H. The summed E-state index contributed by atoms with van der Waals surface area (Å²) >= 11 is 0. The Hall–Kier alpha value is -1.88. The van der Waals surface area contributed by atoms with E-state index in [2.05, 4.69) is 39.9 Å². The van der Waals surface area contributed by atoms with Crippen LogP contribution in [0.25, 0.3) is 0 Å². The Bertz CT molecular complexity index is 815. The molecule has 1 fully saturated rings. The number of ether oxygens (including phenoxy) is 2. The number of methoxy groups -OCH3 is 1. The summed E-state index contributed by atoms with van der Waals surface area (Å²) in [5.41, 5.74) is 1.10. The molecular weight excluding hydrogens is 495 g/mol. The van der Waals surface area contributed by atoms with Crippen LogP contribution in [0.2, 0.25) is 0 Å². The predicted octanol–water partition coefficient (Wildman–Crippen LogP) is 2.60. The molecule has 9 heteroatoms. The molecule has 3 rings (SSSR count). The number of benzene rings is 1. The van der Waals surface area contributed by atoms with Crippen LogP contribution in [0.1, 0.15) is 37.0 Å². The monoisotopic (exact) mass is 528 g/mol. The Balaban J connectivity index is 0.00000320. The number of nitrogens with one attached hydrogen (secondary N) is 2. The first kappa shape index (κ1) is 24.4. The summed E-state index contributed by atoms with van der Waals surface area (Å²) in [4.78, 5) is 4.71. The predicted molar refractivity (Wildman–Crippen MR) is 129 cm³/mol. The highest BCUT2D eigenvalue weighted by Crippen LogP contribution is 2.23. The molecule has 1 aromatic heterocycles. The second-order valence-electron chi connectivity index (χ2n) is 7.67. The lowest BCUT2D eigenvalue weighted by atomic mass is 10.0. The first-order chi connectivity index (χ1) is 14.0. The highest BCUT2D eigenvalue weighted by molar-refractivity contribution is 14.0. The number of guanidine groups is 1. The van der Waals surface area contributed by atoms with Gasteiger partial charge >= 0.3 is 0 Å². The molecule has 1 aromatic carbocycles. The van der Waals surface area contributed by atoms with Crippen LogP contribution in [0.5, 0.6) is 5.75 Å². The van der Waals surface area contributed by atoms with Crippen LogP contribution in [0.4, 0.5) is 0 Å². The maximum atomic E-state index is 5.89. The average Bonchev–Trinajstić information content (AvgIpc) is 3.30. The van der Waals surface area contributed by atoms with E-state index in [1.165, 1.54) is 5.56 Å². The molecule has 0 aliphatic carbocycles. The number of nitrogens with zero attached hydrogens (tertiary/aromatic N) is 4. The van der Waals surface area contributed by atoms with E-state index in [4.69, 9.17) is 14.5 Å². The molecule has 0 radical (unpaired) electrons. The third kappa shape index (κ3) is 6.83. The van der Waals surface area contributed by atoms with Crippen molar-refractivity contribution < 1.29 is 9.47 Å². The van der Waals surface area contributed by atoms with Gasteiger partial charge in [-0.15, -0.1) is 34.2 Å². The van der Waals surface area contributed by atoms with E-state index in [1.807, 2.05) is 30.7 Å². The Morgan fingerprint density at radius 2 is 2.03 bits per heavy atom. The van der Waals surface area contributed by atoms with Crippen molar-refractivity contribution in [3.63, 3.8) is 0 Å². The molecule has 30 heavy (non-hydrogen) atoms. The molecule has 0 spiro atoms. The molecule has 166 valence electrons. The van der Waals surface area contributed by atoms with Gasteiger partial charge in [-0.3, -0.25) is 0 Å². The summed E-state index contributed by atoms with van der Waals surface area (Å²) in [6.07, 6.45) is 3.05. The van der Waals surface area contributed by atoms with Gasteiger partial charge in [-0.2, -0.15) is 0 Å². The number of hydrogen-bond donors (Lipinski definition) is 2. The van der Waals surface area contributed by atoms with E-state index in [1.54, 1.807) is 7.11 Å². The molecule has 2 aromatic rings. The molecule has 1 aliphatic heterocycles. The fourth-order valence-electron chi connectivity index (χ4n) is 3.28. The lowest BCUT2D eigenvalue weighted by molar-refractivity contribution is 0.0242. The molecular formula is C21H33IN6O2. The third-order valence-electron chi connectivity index (χ3n) is 5.36. The summed E-state index contributed by atoms with van der Waals surface area (Å²) in [7, 11) is 3.63. The van der Waals surface area contributed by atoms with Gasteiger partial charge in [-0.25, -0.2) is 4.99 Å². The van der Waals surface area contributed by atoms with Crippen molar-refractivity contribution in [2.45, 2.75) is 45.3 Å². The van der Waals surface area contributed by atoms with Crippen molar-refractivity contribution >= 4 is 29.9 Å². The zero-order valence-corrected chi connectivity index (χ0v) is 20.6. The quantitative estimate of drug-likeness (QED) is 0.312. The fourth-order valence-corrected chi connectivity index (χ4v) is 3.28. The third-order valence-corrected chi connectivity index (χ3v) is 5.36. The molecule has 0 bridgehead atoms. The summed E-state index contributed by atoms with van der Waals surface area (Å²) in [6, 6.07) is 8.13. The fraction of sp³-hybridized carbons (Fsp3) is 0.571. The van der Waals surface area contributed by atoms with Crippen LogP contribution in [0.3, 0.4) is 0 Å². The average molecular weight is 528 g/mol. The molecule has 1 atom stereocenters. The van der Waals surface area contributed by atoms with Crippen molar-refractivity contribution in [1.82, 2.24) is 25.4 Å². The van der Waals surface area contributed by atoms with Gasteiger partial charge in [0.1, 0.15) is 18.1 Å². The van der Waals surface area contributed by atoms with E-state index in [-0.39, 0.29) is 29.6 Å². The van der Waals surface area contributed by atoms with Gasteiger partial charge in [-0.05, 0) is 50.8 Å². The number of aliphatic imine (C=N–C) groups is 1. The molecule has 0 amide bonds. The minimum atomic E-state index is -0.139. The number of hydrogen-bond acceptors (Lipinski definition) is 5. The Morgan fingerprint density at radius 3 is 2.63 bits per heavy atom. The summed E-state index contributed by atoms with van der Waals surface area (Å²) < 4.78 is 13.1. The second-order valence-corrected chi connectivity index (χ2v) is 7.67. The Labute approximate surface area is 195 Å². The zero-order valence-electron chi connectivity index (χ0n) is 18.3. The molecule has 0 saturated carbocycles. The largest absolute Gasteiger partial charge is 0.497 e. The van der Waals surface area contributed by atoms with Crippen LogP contribution in [0, 0.1) is 6.92 Å². The molecule has 1 unspecified atom stereocenters. The summed E-state index contributed by atoms with van der Waals surface area (Å²) in [5, 5.41) is 15.2. The first-order valence-electron chi connectivity index (χ1n) is 10.1. The zero-order chi connectivity index (χ0) is 20.7. The van der Waals surface area contributed by atoms with Crippen LogP contribution in [0.15, 0.2) is 29.3 Å². The van der Waals surface area contributed by atoms with E-state index in [9.17, 15) is 0 Å². The highest BCUT2D eigenvalue weighted by atomic mass is 127. The van der Waals surface area contributed by atoms with Gasteiger partial charge in [0.25, 0.3) is 0 Å². The van der Waals surface area contributed by atoms with E-state index >= 15 is 0 Å². The highest BCUT2D eigenvalue weighted by Gasteiger charge is 2.29. The van der Waals surface area contributed by atoms with Crippen molar-refractivity contribution in [3.8, 4) is 5.75 Å². The maximum Gasteiger partial charge on any atom is 0.191 e. The molecule has 1 saturated heterocycles. The van der Waals surface area contributed by atoms with Crippen molar-refractivity contribution in [2.24, 2.45) is 12.0 Å². The van der Waals surface area contributed by atoms with Gasteiger partial charge in [0, 0.05) is 26.7 Å². The van der Waals surface area contributed by atoms with Gasteiger partial charge in [0.05, 0.1) is 12.7 Å². The summed E-state index contributed by atoms with van der Waals surface area (Å²) in [5.74, 6) is 3.34. The smallest absolute Gasteiger partial charge is 0.191 e. The number of aryl methyl sites for hydroxylation is 1. The minimum Gasteiger partial charge on any atom is -0.497 e. The van der Waals surface area contributed by atoms with Gasteiger partial charge in [0.2, 0.25) is 0 Å². The number of rotatable bonds is 8. The molecule has 2 N–H and O–H groups in total. The maximum absolute atomic E-state index is 5.89. The topological polar surface area (TPSA) is 85.6 Å². The van der Waals surface area contributed by atoms with Crippen molar-refractivity contribution in [3.05, 3.63) is 41.5 Å². The van der Waals surface area contributed by atoms with Crippen molar-refractivity contribution in [1.29, 1.82) is 0 Å². The summed E-state index contributed by atoms with van der Waals surface area (Å²) in [6.45, 7) is 6.87. The van der Waals surface area contributed by atoms with Gasteiger partial charge in [-0.1, -0.05) is 12.1 Å². The van der Waals surface area contributed by atoms with Crippen LogP contribution in [-0.2, 0) is 24.8 Å². The minimum absolute atomic E-state index is 0. The van der Waals surface area contributed by atoms with E-state index < -0.39 is 0 Å². The molecule has 2 heterocycles. The SMILES string of the molecule is COc1ccc(CCNC(=NCc2nnc(C)n2C)NCC2(C)CCCO2)cc1.I. The van der Waals surface area contributed by atoms with Crippen LogP contribution < -0.4 is 15.4 Å². The number of halogens is 1. The second kappa shape index (κ2) is 11.5. The normalized spacial score (nSPS) is 18.7. The first-order valence-corrected chi connectivity index (χ1v) is 10.1. The van der Waals surface area contributed by atoms with Crippen LogP contribution >= 0.6 is 24.0 Å². The number of aromatic nitrogens is 3. The van der Waals surface area contributed by atoms with Gasteiger partial charge < -0.3 is 24.7 Å². The Kier molecular flexibility index (Phi) is 9.35. The van der Waals surface area contributed by atoms with E-state index in [0.29, 0.717) is 6.54 Å². The lowest BCUT2D eigenvalue weighted by Gasteiger charge is -2.25.